The second kappa shape index (κ2) is 4.33. The molecule has 0 heterocycles. The first kappa shape index (κ1) is 10.0. The maximum absolute atomic E-state index is 10.9. The summed E-state index contributed by atoms with van der Waals surface area (Å²) >= 11 is 1.08. The quantitative estimate of drug-likeness (QED) is 0.562. The van der Waals surface area contributed by atoms with E-state index in [-0.39, 0.29) is 0 Å². The van der Waals surface area contributed by atoms with E-state index in [1.807, 2.05) is 23.6 Å². The predicted molar refractivity (Wildman–Crippen MR) is 61.0 cm³/mol. The lowest BCUT2D eigenvalue weighted by Crippen LogP contribution is -2.03. The van der Waals surface area contributed by atoms with E-state index in [0.29, 0.717) is 0 Å². The first-order valence-electron chi connectivity index (χ1n) is 4.69. The summed E-state index contributed by atoms with van der Waals surface area (Å²) < 4.78 is 0. The lowest BCUT2D eigenvalue weighted by molar-refractivity contribution is -0.105. The van der Waals surface area contributed by atoms with Gasteiger partial charge in [-0.15, -0.1) is 0 Å². The van der Waals surface area contributed by atoms with Gasteiger partial charge in [0.05, 0.1) is 0 Å². The second-order valence-electron chi connectivity index (χ2n) is 3.32. The second-order valence-corrected chi connectivity index (χ2v) is 4.12. The molecule has 0 amide bonds. The standard InChI is InChI=1S/C12H9NOS/c13-8-15-12-10(7-14)6-5-9-3-1-2-4-11(9)12/h1-4,7H,5-6H2. The molecule has 0 bridgehead atoms. The van der Waals surface area contributed by atoms with Gasteiger partial charge in [-0.05, 0) is 35.7 Å². The van der Waals surface area contributed by atoms with Gasteiger partial charge < -0.3 is 0 Å². The molecule has 1 aliphatic carbocycles. The number of thioether (sulfide) groups is 1. The Kier molecular flexibility index (Phi) is 2.89. The van der Waals surface area contributed by atoms with Crippen LogP contribution < -0.4 is 0 Å². The zero-order valence-corrected chi connectivity index (χ0v) is 8.88. The smallest absolute Gasteiger partial charge is 0.147 e. The number of nitrogens with zero attached hydrogens (tertiary/aromatic N) is 1. The molecular formula is C12H9NOS. The number of aryl methyl sites for hydroxylation is 1. The molecule has 3 heteroatoms. The normalized spacial score (nSPS) is 14.3. The van der Waals surface area contributed by atoms with Crippen LogP contribution in [-0.4, -0.2) is 6.29 Å². The van der Waals surface area contributed by atoms with Crippen molar-refractivity contribution in [2.45, 2.75) is 12.8 Å². The predicted octanol–water partition coefficient (Wildman–Crippen LogP) is 2.76. The molecule has 1 aromatic carbocycles. The highest BCUT2D eigenvalue weighted by atomic mass is 32.2. The van der Waals surface area contributed by atoms with Crippen LogP contribution in [0, 0.1) is 10.7 Å². The number of allylic oxidation sites excluding steroid dienone is 1. The van der Waals surface area contributed by atoms with Crippen molar-refractivity contribution in [3.63, 3.8) is 0 Å². The lowest BCUT2D eigenvalue weighted by Gasteiger charge is -2.17. The van der Waals surface area contributed by atoms with Crippen LogP contribution in [0.5, 0.6) is 0 Å². The van der Waals surface area contributed by atoms with Crippen LogP contribution in [0.15, 0.2) is 29.8 Å². The number of benzene rings is 1. The summed E-state index contributed by atoms with van der Waals surface area (Å²) in [6, 6.07) is 7.94. The molecule has 0 N–H and O–H groups in total. The van der Waals surface area contributed by atoms with Gasteiger partial charge in [-0.25, -0.2) is 0 Å². The van der Waals surface area contributed by atoms with Crippen LogP contribution in [0.3, 0.4) is 0 Å². The SMILES string of the molecule is N#CSC1=C(C=O)CCc2ccccc21. The summed E-state index contributed by atoms with van der Waals surface area (Å²) in [5, 5.41) is 10.8. The van der Waals surface area contributed by atoms with E-state index in [1.165, 1.54) is 5.56 Å². The number of hydrogen-bond acceptors (Lipinski definition) is 3. The number of carbonyl (C=O) groups excluding carboxylic acids is 1. The molecule has 2 nitrogen and oxygen atoms in total. The topological polar surface area (TPSA) is 40.9 Å². The molecular weight excluding hydrogens is 206 g/mol. The zero-order valence-electron chi connectivity index (χ0n) is 8.06. The van der Waals surface area contributed by atoms with Crippen molar-refractivity contribution in [2.24, 2.45) is 0 Å². The largest absolute Gasteiger partial charge is 0.298 e. The Bertz CT molecular complexity index is 471. The third kappa shape index (κ3) is 1.81. The summed E-state index contributed by atoms with van der Waals surface area (Å²) in [5.74, 6) is 0. The molecule has 1 aliphatic rings. The van der Waals surface area contributed by atoms with Crippen molar-refractivity contribution >= 4 is 23.0 Å². The highest BCUT2D eigenvalue weighted by Crippen LogP contribution is 2.37. The fraction of sp³-hybridized carbons (Fsp3) is 0.167. The van der Waals surface area contributed by atoms with Crippen molar-refractivity contribution in [1.82, 2.24) is 0 Å². The minimum atomic E-state index is 0.741. The maximum atomic E-state index is 10.9. The summed E-state index contributed by atoms with van der Waals surface area (Å²) in [4.78, 5) is 11.7. The number of aldehydes is 1. The Morgan fingerprint density at radius 3 is 2.87 bits per heavy atom. The molecule has 0 atom stereocenters. The molecule has 0 saturated carbocycles. The van der Waals surface area contributed by atoms with Crippen LogP contribution in [0.2, 0.25) is 0 Å². The Hall–Kier alpha value is -1.53. The third-order valence-corrected chi connectivity index (χ3v) is 3.28. The van der Waals surface area contributed by atoms with Gasteiger partial charge in [0.1, 0.15) is 11.7 Å². The van der Waals surface area contributed by atoms with E-state index < -0.39 is 0 Å². The summed E-state index contributed by atoms with van der Waals surface area (Å²) in [7, 11) is 0. The number of carbonyl (C=O) groups is 1. The maximum Gasteiger partial charge on any atom is 0.147 e. The van der Waals surface area contributed by atoms with Crippen molar-refractivity contribution in [2.75, 3.05) is 0 Å². The monoisotopic (exact) mass is 215 g/mol. The molecule has 74 valence electrons. The number of thiocyanates is 1. The van der Waals surface area contributed by atoms with Crippen LogP contribution >= 0.6 is 11.8 Å². The van der Waals surface area contributed by atoms with Crippen molar-refractivity contribution < 1.29 is 4.79 Å². The molecule has 0 spiro atoms. The van der Waals surface area contributed by atoms with E-state index in [1.54, 1.807) is 0 Å². The van der Waals surface area contributed by atoms with E-state index in [9.17, 15) is 4.79 Å². The van der Waals surface area contributed by atoms with Crippen LogP contribution in [0.1, 0.15) is 17.5 Å². The minimum Gasteiger partial charge on any atom is -0.298 e. The van der Waals surface area contributed by atoms with Gasteiger partial charge in [-0.3, -0.25) is 4.79 Å². The van der Waals surface area contributed by atoms with Gasteiger partial charge in [-0.1, -0.05) is 24.3 Å². The van der Waals surface area contributed by atoms with E-state index >= 15 is 0 Å². The Morgan fingerprint density at radius 2 is 2.13 bits per heavy atom. The average molecular weight is 215 g/mol. The van der Waals surface area contributed by atoms with Crippen molar-refractivity contribution in [3.05, 3.63) is 41.0 Å². The molecule has 0 aliphatic heterocycles. The van der Waals surface area contributed by atoms with E-state index in [0.717, 1.165) is 46.9 Å². The third-order valence-electron chi connectivity index (χ3n) is 2.51. The fourth-order valence-electron chi connectivity index (χ4n) is 1.79. The minimum absolute atomic E-state index is 0.741. The zero-order chi connectivity index (χ0) is 10.7. The summed E-state index contributed by atoms with van der Waals surface area (Å²) in [6.07, 6.45) is 2.50. The van der Waals surface area contributed by atoms with Crippen molar-refractivity contribution in [1.29, 1.82) is 5.26 Å². The van der Waals surface area contributed by atoms with E-state index in [2.05, 4.69) is 6.07 Å². The molecule has 0 saturated heterocycles. The molecule has 0 aromatic heterocycles. The van der Waals surface area contributed by atoms with Gasteiger partial charge in [0, 0.05) is 10.5 Å². The Morgan fingerprint density at radius 1 is 1.33 bits per heavy atom. The molecule has 15 heavy (non-hydrogen) atoms. The van der Waals surface area contributed by atoms with Crippen molar-refractivity contribution in [3.8, 4) is 5.40 Å². The van der Waals surface area contributed by atoms with Gasteiger partial charge >= 0.3 is 0 Å². The van der Waals surface area contributed by atoms with Gasteiger partial charge in [0.2, 0.25) is 0 Å². The fourth-order valence-corrected chi connectivity index (χ4v) is 2.48. The number of fused-ring (bicyclic) bond motifs is 1. The van der Waals surface area contributed by atoms with Gasteiger partial charge in [-0.2, -0.15) is 5.26 Å². The summed E-state index contributed by atoms with van der Waals surface area (Å²) in [6.45, 7) is 0. The molecule has 0 radical (unpaired) electrons. The van der Waals surface area contributed by atoms with Crippen LogP contribution in [0.4, 0.5) is 0 Å². The Balaban J connectivity index is 2.56. The molecule has 0 fully saturated rings. The van der Waals surface area contributed by atoms with Crippen LogP contribution in [0.25, 0.3) is 4.91 Å². The highest BCUT2D eigenvalue weighted by Gasteiger charge is 2.18. The number of hydrogen-bond donors (Lipinski definition) is 0. The van der Waals surface area contributed by atoms with Crippen LogP contribution in [-0.2, 0) is 11.2 Å². The highest BCUT2D eigenvalue weighted by molar-refractivity contribution is 8.12. The average Bonchev–Trinajstić information content (AvgIpc) is 2.30. The first-order valence-corrected chi connectivity index (χ1v) is 5.51. The first-order chi connectivity index (χ1) is 7.36. The van der Waals surface area contributed by atoms with Gasteiger partial charge in [0.25, 0.3) is 0 Å². The number of rotatable bonds is 2. The molecule has 1 aromatic rings. The lowest BCUT2D eigenvalue weighted by atomic mass is 9.92. The molecule has 0 unspecified atom stereocenters. The summed E-state index contributed by atoms with van der Waals surface area (Å²) in [5.41, 5.74) is 3.01. The number of nitriles is 1. The van der Waals surface area contributed by atoms with Gasteiger partial charge in [0.15, 0.2) is 0 Å². The Labute approximate surface area is 92.6 Å². The van der Waals surface area contributed by atoms with E-state index in [4.69, 9.17) is 5.26 Å². The molecule has 2 rings (SSSR count).